The van der Waals surface area contributed by atoms with Crippen LogP contribution in [0.3, 0.4) is 0 Å². The molecule has 3 nitrogen and oxygen atoms in total. The van der Waals surface area contributed by atoms with Crippen molar-refractivity contribution in [3.05, 3.63) is 35.4 Å². The quantitative estimate of drug-likeness (QED) is 0.912. The molecule has 0 bridgehead atoms. The molecule has 1 fully saturated rings. The molecule has 1 aromatic carbocycles. The Morgan fingerprint density at radius 1 is 1.35 bits per heavy atom. The first kappa shape index (κ1) is 14.1. The molecule has 0 aromatic heterocycles. The molecule has 3 rings (SSSR count). The lowest BCUT2D eigenvalue weighted by Gasteiger charge is -2.37. The Balaban J connectivity index is 1.63. The molecular weight excluding hydrogens is 248 g/mol. The number of ether oxygens (including phenoxy) is 1. The number of hydrogen-bond donors (Lipinski definition) is 1. The van der Waals surface area contributed by atoms with Gasteiger partial charge in [0.1, 0.15) is 0 Å². The van der Waals surface area contributed by atoms with Crippen molar-refractivity contribution in [2.75, 3.05) is 32.8 Å². The molecule has 0 amide bonds. The van der Waals surface area contributed by atoms with Gasteiger partial charge in [-0.25, -0.2) is 0 Å². The normalized spacial score (nSPS) is 27.2. The van der Waals surface area contributed by atoms with Crippen LogP contribution in [0.2, 0.25) is 0 Å². The van der Waals surface area contributed by atoms with E-state index in [0.717, 1.165) is 39.2 Å². The Morgan fingerprint density at radius 2 is 2.25 bits per heavy atom. The second-order valence-electron chi connectivity index (χ2n) is 6.01. The van der Waals surface area contributed by atoms with Gasteiger partial charge in [0.15, 0.2) is 0 Å². The summed E-state index contributed by atoms with van der Waals surface area (Å²) in [5.74, 6) is 0. The summed E-state index contributed by atoms with van der Waals surface area (Å²) in [6.45, 7) is 7.59. The van der Waals surface area contributed by atoms with Gasteiger partial charge in [-0.2, -0.15) is 0 Å². The van der Waals surface area contributed by atoms with E-state index in [2.05, 4.69) is 41.4 Å². The second-order valence-corrected chi connectivity index (χ2v) is 6.01. The van der Waals surface area contributed by atoms with Gasteiger partial charge in [0, 0.05) is 32.2 Å². The maximum Gasteiger partial charge on any atom is 0.0954 e. The van der Waals surface area contributed by atoms with Crippen molar-refractivity contribution in [1.82, 2.24) is 10.2 Å². The molecular formula is C17H26N2O. The van der Waals surface area contributed by atoms with E-state index in [-0.39, 0.29) is 6.10 Å². The Morgan fingerprint density at radius 3 is 3.15 bits per heavy atom. The minimum atomic E-state index is 0.264. The molecule has 0 radical (unpaired) electrons. The van der Waals surface area contributed by atoms with E-state index in [1.54, 1.807) is 0 Å². The molecule has 2 aliphatic rings. The lowest BCUT2D eigenvalue weighted by atomic mass is 9.97. The standard InChI is InChI=1S/C17H26N2O/c1-2-5-15-12-19(10-9-18-15)13-17-16-7-4-3-6-14(16)8-11-20-17/h3-4,6-7,15,17-18H,2,5,8-13H2,1H3. The summed E-state index contributed by atoms with van der Waals surface area (Å²) in [6.07, 6.45) is 3.86. The summed E-state index contributed by atoms with van der Waals surface area (Å²) in [6, 6.07) is 9.43. The highest BCUT2D eigenvalue weighted by Gasteiger charge is 2.25. The zero-order valence-electron chi connectivity index (χ0n) is 12.5. The predicted molar refractivity (Wildman–Crippen MR) is 82.0 cm³/mol. The smallest absolute Gasteiger partial charge is 0.0954 e. The van der Waals surface area contributed by atoms with Crippen LogP contribution in [0, 0.1) is 0 Å². The van der Waals surface area contributed by atoms with Crippen LogP contribution < -0.4 is 5.32 Å². The van der Waals surface area contributed by atoms with Crippen LogP contribution in [0.5, 0.6) is 0 Å². The van der Waals surface area contributed by atoms with Crippen LogP contribution in [-0.4, -0.2) is 43.7 Å². The van der Waals surface area contributed by atoms with Crippen molar-refractivity contribution < 1.29 is 4.74 Å². The van der Waals surface area contributed by atoms with Crippen LogP contribution in [-0.2, 0) is 11.2 Å². The molecule has 110 valence electrons. The summed E-state index contributed by atoms with van der Waals surface area (Å²) in [7, 11) is 0. The van der Waals surface area contributed by atoms with Crippen LogP contribution in [0.15, 0.2) is 24.3 Å². The highest BCUT2D eigenvalue weighted by molar-refractivity contribution is 5.31. The molecule has 3 heteroatoms. The number of rotatable bonds is 4. The van der Waals surface area contributed by atoms with E-state index < -0.39 is 0 Å². The molecule has 0 saturated carbocycles. The number of fused-ring (bicyclic) bond motifs is 1. The fourth-order valence-electron chi connectivity index (χ4n) is 3.46. The van der Waals surface area contributed by atoms with E-state index in [1.807, 2.05) is 0 Å². The zero-order chi connectivity index (χ0) is 13.8. The van der Waals surface area contributed by atoms with E-state index in [9.17, 15) is 0 Å². The molecule has 0 aliphatic carbocycles. The monoisotopic (exact) mass is 274 g/mol. The van der Waals surface area contributed by atoms with Gasteiger partial charge in [0.2, 0.25) is 0 Å². The Bertz CT molecular complexity index is 433. The van der Waals surface area contributed by atoms with E-state index in [0.29, 0.717) is 6.04 Å². The minimum absolute atomic E-state index is 0.264. The maximum atomic E-state index is 6.04. The largest absolute Gasteiger partial charge is 0.372 e. The molecule has 2 heterocycles. The van der Waals surface area contributed by atoms with Crippen molar-refractivity contribution in [1.29, 1.82) is 0 Å². The third-order valence-corrected chi connectivity index (χ3v) is 4.49. The summed E-state index contributed by atoms with van der Waals surface area (Å²) in [4.78, 5) is 2.57. The summed E-state index contributed by atoms with van der Waals surface area (Å²) < 4.78 is 6.04. The first-order valence-electron chi connectivity index (χ1n) is 8.02. The van der Waals surface area contributed by atoms with Gasteiger partial charge in [0.25, 0.3) is 0 Å². The van der Waals surface area contributed by atoms with Crippen molar-refractivity contribution in [2.24, 2.45) is 0 Å². The van der Waals surface area contributed by atoms with E-state index >= 15 is 0 Å². The number of nitrogens with one attached hydrogen (secondary N) is 1. The number of nitrogens with zero attached hydrogens (tertiary/aromatic N) is 1. The maximum absolute atomic E-state index is 6.04. The zero-order valence-corrected chi connectivity index (χ0v) is 12.5. The molecule has 2 atom stereocenters. The Kier molecular flexibility index (Phi) is 4.71. The molecule has 1 saturated heterocycles. The van der Waals surface area contributed by atoms with Crippen LogP contribution in [0.25, 0.3) is 0 Å². The highest BCUT2D eigenvalue weighted by Crippen LogP contribution is 2.27. The highest BCUT2D eigenvalue weighted by atomic mass is 16.5. The molecule has 1 N–H and O–H groups in total. The molecule has 0 spiro atoms. The molecule has 2 unspecified atom stereocenters. The molecule has 2 aliphatic heterocycles. The minimum Gasteiger partial charge on any atom is -0.372 e. The second kappa shape index (κ2) is 6.70. The first-order chi connectivity index (χ1) is 9.86. The Labute approximate surface area is 122 Å². The number of benzene rings is 1. The Hall–Kier alpha value is -0.900. The van der Waals surface area contributed by atoms with Gasteiger partial charge in [-0.3, -0.25) is 4.90 Å². The molecule has 1 aromatic rings. The third kappa shape index (κ3) is 3.22. The SMILES string of the molecule is CCCC1CN(CC2OCCc3ccccc32)CCN1. The van der Waals surface area contributed by atoms with Crippen molar-refractivity contribution in [2.45, 2.75) is 38.3 Å². The van der Waals surface area contributed by atoms with Gasteiger partial charge in [-0.05, 0) is 24.0 Å². The van der Waals surface area contributed by atoms with Gasteiger partial charge < -0.3 is 10.1 Å². The van der Waals surface area contributed by atoms with Gasteiger partial charge in [0.05, 0.1) is 12.7 Å². The lowest BCUT2D eigenvalue weighted by Crippen LogP contribution is -2.51. The average Bonchev–Trinajstić information content (AvgIpc) is 2.48. The van der Waals surface area contributed by atoms with Crippen molar-refractivity contribution in [3.63, 3.8) is 0 Å². The summed E-state index contributed by atoms with van der Waals surface area (Å²) >= 11 is 0. The van der Waals surface area contributed by atoms with Gasteiger partial charge >= 0.3 is 0 Å². The average molecular weight is 274 g/mol. The third-order valence-electron chi connectivity index (χ3n) is 4.49. The van der Waals surface area contributed by atoms with Gasteiger partial charge in [-0.15, -0.1) is 0 Å². The fourth-order valence-corrected chi connectivity index (χ4v) is 3.46. The van der Waals surface area contributed by atoms with E-state index in [4.69, 9.17) is 4.74 Å². The summed E-state index contributed by atoms with van der Waals surface area (Å²) in [5, 5.41) is 3.62. The number of piperazine rings is 1. The van der Waals surface area contributed by atoms with Crippen LogP contribution in [0.4, 0.5) is 0 Å². The van der Waals surface area contributed by atoms with Crippen LogP contribution >= 0.6 is 0 Å². The fraction of sp³-hybridized carbons (Fsp3) is 0.647. The topological polar surface area (TPSA) is 24.5 Å². The van der Waals surface area contributed by atoms with Crippen LogP contribution in [0.1, 0.15) is 37.0 Å². The first-order valence-corrected chi connectivity index (χ1v) is 8.02. The van der Waals surface area contributed by atoms with E-state index in [1.165, 1.54) is 24.0 Å². The predicted octanol–water partition coefficient (Wildman–Crippen LogP) is 2.37. The van der Waals surface area contributed by atoms with Crippen molar-refractivity contribution >= 4 is 0 Å². The van der Waals surface area contributed by atoms with Gasteiger partial charge in [-0.1, -0.05) is 37.6 Å². The lowest BCUT2D eigenvalue weighted by molar-refractivity contribution is 0.00972. The molecule has 20 heavy (non-hydrogen) atoms. The van der Waals surface area contributed by atoms with Crippen molar-refractivity contribution in [3.8, 4) is 0 Å². The summed E-state index contributed by atoms with van der Waals surface area (Å²) in [5.41, 5.74) is 2.88. The number of hydrogen-bond acceptors (Lipinski definition) is 3.